The lowest BCUT2D eigenvalue weighted by atomic mass is 10.1. The minimum atomic E-state index is -0.262. The minimum Gasteiger partial charge on any atom is -0.348 e. The molecule has 0 aliphatic heterocycles. The van der Waals surface area contributed by atoms with Crippen molar-refractivity contribution >= 4 is 5.91 Å². The number of benzene rings is 2. The normalized spacial score (nSPS) is 13.1. The Labute approximate surface area is 143 Å². The van der Waals surface area contributed by atoms with Gasteiger partial charge < -0.3 is 5.32 Å². The standard InChI is InChI=1S/C20H23N3O/c1-15(19-10-5-4-6-11-19)22-20(24)16(2)23(3)14-18-9-7-8-17(12-18)13-21/h4-12,15-16H,14H2,1-3H3,(H,22,24). The van der Waals surface area contributed by atoms with Gasteiger partial charge in [0.15, 0.2) is 0 Å². The number of rotatable bonds is 6. The summed E-state index contributed by atoms with van der Waals surface area (Å²) in [5.41, 5.74) is 2.74. The van der Waals surface area contributed by atoms with Gasteiger partial charge in [-0.1, -0.05) is 42.5 Å². The molecule has 0 heterocycles. The molecule has 0 radical (unpaired) electrons. The molecule has 4 nitrogen and oxygen atoms in total. The Balaban J connectivity index is 1.95. The molecule has 1 amide bonds. The van der Waals surface area contributed by atoms with Crippen molar-refractivity contribution in [2.24, 2.45) is 0 Å². The van der Waals surface area contributed by atoms with E-state index in [1.807, 2.05) is 74.3 Å². The fourth-order valence-electron chi connectivity index (χ4n) is 2.52. The number of amides is 1. The molecule has 4 heteroatoms. The first-order valence-corrected chi connectivity index (χ1v) is 8.06. The second-order valence-corrected chi connectivity index (χ2v) is 6.04. The number of nitrogens with zero attached hydrogens (tertiary/aromatic N) is 2. The maximum atomic E-state index is 12.5. The third-order valence-electron chi connectivity index (χ3n) is 4.19. The molecular weight excluding hydrogens is 298 g/mol. The Kier molecular flexibility index (Phi) is 6.11. The Morgan fingerprint density at radius 1 is 1.17 bits per heavy atom. The lowest BCUT2D eigenvalue weighted by molar-refractivity contribution is -0.126. The van der Waals surface area contributed by atoms with Gasteiger partial charge in [0.05, 0.1) is 23.7 Å². The van der Waals surface area contributed by atoms with Crippen LogP contribution in [0.15, 0.2) is 54.6 Å². The summed E-state index contributed by atoms with van der Waals surface area (Å²) >= 11 is 0. The van der Waals surface area contributed by atoms with Crippen molar-refractivity contribution in [2.75, 3.05) is 7.05 Å². The van der Waals surface area contributed by atoms with Gasteiger partial charge in [-0.15, -0.1) is 0 Å². The fourth-order valence-corrected chi connectivity index (χ4v) is 2.52. The monoisotopic (exact) mass is 321 g/mol. The lowest BCUT2D eigenvalue weighted by Gasteiger charge is -2.25. The molecule has 2 unspecified atom stereocenters. The van der Waals surface area contributed by atoms with E-state index in [0.717, 1.165) is 11.1 Å². The highest BCUT2D eigenvalue weighted by atomic mass is 16.2. The number of hydrogen-bond acceptors (Lipinski definition) is 3. The predicted molar refractivity (Wildman–Crippen MR) is 95.1 cm³/mol. The number of hydrogen-bond donors (Lipinski definition) is 1. The number of likely N-dealkylation sites (N-methyl/N-ethyl adjacent to an activating group) is 1. The maximum Gasteiger partial charge on any atom is 0.237 e. The molecule has 1 N–H and O–H groups in total. The van der Waals surface area contributed by atoms with Crippen LogP contribution < -0.4 is 5.32 Å². The van der Waals surface area contributed by atoms with Gasteiger partial charge >= 0.3 is 0 Å². The SMILES string of the molecule is CC(NC(=O)C(C)N(C)Cc1cccc(C#N)c1)c1ccccc1. The molecule has 0 aromatic heterocycles. The first-order valence-electron chi connectivity index (χ1n) is 8.06. The Hall–Kier alpha value is -2.64. The number of carbonyl (C=O) groups excluding carboxylic acids is 1. The molecule has 0 spiro atoms. The zero-order chi connectivity index (χ0) is 17.5. The van der Waals surface area contributed by atoms with E-state index in [-0.39, 0.29) is 18.0 Å². The van der Waals surface area contributed by atoms with Crippen molar-refractivity contribution in [3.05, 3.63) is 71.3 Å². The molecule has 2 rings (SSSR count). The summed E-state index contributed by atoms with van der Waals surface area (Å²) in [6.07, 6.45) is 0. The van der Waals surface area contributed by atoms with Crippen LogP contribution >= 0.6 is 0 Å². The third kappa shape index (κ3) is 4.68. The van der Waals surface area contributed by atoms with Crippen molar-refractivity contribution in [1.82, 2.24) is 10.2 Å². The molecule has 124 valence electrons. The Morgan fingerprint density at radius 3 is 2.54 bits per heavy atom. The van der Waals surface area contributed by atoms with Gasteiger partial charge in [-0.2, -0.15) is 5.26 Å². The molecule has 0 bridgehead atoms. The van der Waals surface area contributed by atoms with Crippen LogP contribution in [0, 0.1) is 11.3 Å². The second kappa shape index (κ2) is 8.28. The average Bonchev–Trinajstić information content (AvgIpc) is 2.61. The average molecular weight is 321 g/mol. The summed E-state index contributed by atoms with van der Waals surface area (Å²) in [6.45, 7) is 4.49. The molecule has 0 fully saturated rings. The topological polar surface area (TPSA) is 56.1 Å². The lowest BCUT2D eigenvalue weighted by Crippen LogP contribution is -2.43. The van der Waals surface area contributed by atoms with E-state index in [9.17, 15) is 4.79 Å². The molecule has 0 aliphatic carbocycles. The quantitative estimate of drug-likeness (QED) is 0.888. The molecule has 0 saturated heterocycles. The maximum absolute atomic E-state index is 12.5. The van der Waals surface area contributed by atoms with Crippen LogP contribution in [0.1, 0.15) is 36.6 Å². The number of nitrogens with one attached hydrogen (secondary N) is 1. The van der Waals surface area contributed by atoms with E-state index in [1.165, 1.54) is 0 Å². The molecule has 2 aromatic rings. The summed E-state index contributed by atoms with van der Waals surface area (Å²) < 4.78 is 0. The summed E-state index contributed by atoms with van der Waals surface area (Å²) in [7, 11) is 1.91. The van der Waals surface area contributed by atoms with Crippen molar-refractivity contribution in [2.45, 2.75) is 32.5 Å². The summed E-state index contributed by atoms with van der Waals surface area (Å²) in [6, 6.07) is 19.2. The number of carbonyl (C=O) groups is 1. The highest BCUT2D eigenvalue weighted by molar-refractivity contribution is 5.81. The Bertz CT molecular complexity index is 721. The number of nitriles is 1. The van der Waals surface area contributed by atoms with Gasteiger partial charge in [0.1, 0.15) is 0 Å². The molecule has 0 aliphatic rings. The van der Waals surface area contributed by atoms with Crippen LogP contribution in [0.5, 0.6) is 0 Å². The first-order chi connectivity index (χ1) is 11.5. The van der Waals surface area contributed by atoms with Crippen LogP contribution in [-0.2, 0) is 11.3 Å². The molecular formula is C20H23N3O. The molecule has 24 heavy (non-hydrogen) atoms. The zero-order valence-corrected chi connectivity index (χ0v) is 14.4. The summed E-state index contributed by atoms with van der Waals surface area (Å²) in [5.74, 6) is -0.00899. The van der Waals surface area contributed by atoms with E-state index in [1.54, 1.807) is 6.07 Å². The van der Waals surface area contributed by atoms with Gasteiger partial charge in [-0.05, 0) is 44.2 Å². The van der Waals surface area contributed by atoms with Crippen molar-refractivity contribution < 1.29 is 4.79 Å². The second-order valence-electron chi connectivity index (χ2n) is 6.04. The summed E-state index contributed by atoms with van der Waals surface area (Å²) in [5, 5.41) is 12.0. The third-order valence-corrected chi connectivity index (χ3v) is 4.19. The van der Waals surface area contributed by atoms with E-state index in [4.69, 9.17) is 5.26 Å². The van der Waals surface area contributed by atoms with Crippen molar-refractivity contribution in [3.63, 3.8) is 0 Å². The van der Waals surface area contributed by atoms with Crippen LogP contribution in [-0.4, -0.2) is 23.9 Å². The van der Waals surface area contributed by atoms with E-state index < -0.39 is 0 Å². The van der Waals surface area contributed by atoms with Gasteiger partial charge in [-0.3, -0.25) is 9.69 Å². The van der Waals surface area contributed by atoms with Crippen LogP contribution in [0.2, 0.25) is 0 Å². The predicted octanol–water partition coefficient (Wildman–Crippen LogP) is 3.26. The van der Waals surface area contributed by atoms with E-state index in [0.29, 0.717) is 12.1 Å². The van der Waals surface area contributed by atoms with Gasteiger partial charge in [-0.25, -0.2) is 0 Å². The van der Waals surface area contributed by atoms with Crippen molar-refractivity contribution in [3.8, 4) is 6.07 Å². The van der Waals surface area contributed by atoms with Gasteiger partial charge in [0, 0.05) is 6.54 Å². The van der Waals surface area contributed by atoms with Gasteiger partial charge in [0.2, 0.25) is 5.91 Å². The van der Waals surface area contributed by atoms with E-state index >= 15 is 0 Å². The van der Waals surface area contributed by atoms with Crippen LogP contribution in [0.3, 0.4) is 0 Å². The first kappa shape index (κ1) is 17.7. The van der Waals surface area contributed by atoms with Crippen molar-refractivity contribution in [1.29, 1.82) is 5.26 Å². The smallest absolute Gasteiger partial charge is 0.237 e. The zero-order valence-electron chi connectivity index (χ0n) is 14.4. The summed E-state index contributed by atoms with van der Waals surface area (Å²) in [4.78, 5) is 14.5. The van der Waals surface area contributed by atoms with Crippen LogP contribution in [0.4, 0.5) is 0 Å². The fraction of sp³-hybridized carbons (Fsp3) is 0.300. The largest absolute Gasteiger partial charge is 0.348 e. The molecule has 2 atom stereocenters. The molecule has 0 saturated carbocycles. The van der Waals surface area contributed by atoms with Crippen LogP contribution in [0.25, 0.3) is 0 Å². The van der Waals surface area contributed by atoms with Gasteiger partial charge in [0.25, 0.3) is 0 Å². The van der Waals surface area contributed by atoms with E-state index in [2.05, 4.69) is 11.4 Å². The Morgan fingerprint density at radius 2 is 1.88 bits per heavy atom. The highest BCUT2D eigenvalue weighted by Gasteiger charge is 2.20. The minimum absolute atomic E-state index is 0.00899. The highest BCUT2D eigenvalue weighted by Crippen LogP contribution is 2.13. The molecule has 2 aromatic carbocycles.